The van der Waals surface area contributed by atoms with E-state index in [4.69, 9.17) is 4.98 Å². The van der Waals surface area contributed by atoms with E-state index < -0.39 is 0 Å². The number of thiazole rings is 1. The predicted molar refractivity (Wildman–Crippen MR) is 87.9 cm³/mol. The van der Waals surface area contributed by atoms with Crippen molar-refractivity contribution in [2.75, 3.05) is 45.7 Å². The molecule has 1 aliphatic rings. The molecule has 20 heavy (non-hydrogen) atoms. The summed E-state index contributed by atoms with van der Waals surface area (Å²) in [5, 5.41) is 4.51. The minimum absolute atomic E-state index is 0.737. The van der Waals surface area contributed by atoms with E-state index in [0.29, 0.717) is 0 Å². The second kappa shape index (κ2) is 7.38. The van der Waals surface area contributed by atoms with Crippen molar-refractivity contribution in [3.05, 3.63) is 10.6 Å². The topological polar surface area (TPSA) is 31.4 Å². The fourth-order valence-corrected chi connectivity index (χ4v) is 3.55. The average Bonchev–Trinajstić information content (AvgIpc) is 3.17. The smallest absolute Gasteiger partial charge is 0.185 e. The van der Waals surface area contributed by atoms with Gasteiger partial charge in [-0.25, -0.2) is 4.98 Å². The number of nitrogens with zero attached hydrogens (tertiary/aromatic N) is 3. The molecule has 0 bridgehead atoms. The summed E-state index contributed by atoms with van der Waals surface area (Å²) in [4.78, 5) is 11.1. The van der Waals surface area contributed by atoms with E-state index >= 15 is 0 Å². The van der Waals surface area contributed by atoms with Gasteiger partial charge in [-0.05, 0) is 40.4 Å². The first-order valence-electron chi connectivity index (χ1n) is 7.69. The minimum atomic E-state index is 0.737. The molecule has 5 heteroatoms. The van der Waals surface area contributed by atoms with E-state index in [2.05, 4.69) is 36.1 Å². The Morgan fingerprint density at radius 3 is 2.55 bits per heavy atom. The summed E-state index contributed by atoms with van der Waals surface area (Å²) in [5.74, 6) is 0.737. The summed E-state index contributed by atoms with van der Waals surface area (Å²) >= 11 is 1.89. The minimum Gasteiger partial charge on any atom is -0.347 e. The lowest BCUT2D eigenvalue weighted by molar-refractivity contribution is 0.413. The fraction of sp³-hybridized carbons (Fsp3) is 0.800. The van der Waals surface area contributed by atoms with Crippen LogP contribution >= 0.6 is 11.3 Å². The number of aromatic nitrogens is 1. The molecule has 0 saturated heterocycles. The molecule has 0 spiro atoms. The van der Waals surface area contributed by atoms with Gasteiger partial charge in [-0.3, -0.25) is 0 Å². The third kappa shape index (κ3) is 4.17. The summed E-state index contributed by atoms with van der Waals surface area (Å²) in [6.07, 6.45) is 3.82. The first kappa shape index (κ1) is 15.7. The molecule has 1 saturated carbocycles. The van der Waals surface area contributed by atoms with Gasteiger partial charge >= 0.3 is 0 Å². The van der Waals surface area contributed by atoms with Crippen LogP contribution in [0.15, 0.2) is 0 Å². The van der Waals surface area contributed by atoms with Gasteiger partial charge in [0.25, 0.3) is 0 Å². The number of hydrogen-bond donors (Lipinski definition) is 1. The third-order valence-electron chi connectivity index (χ3n) is 3.60. The van der Waals surface area contributed by atoms with Gasteiger partial charge < -0.3 is 15.1 Å². The molecule has 0 unspecified atom stereocenters. The lowest BCUT2D eigenvalue weighted by Crippen LogP contribution is -2.32. The first-order chi connectivity index (χ1) is 9.65. The Balaban J connectivity index is 2.12. The molecule has 0 amide bonds. The normalized spacial score (nSPS) is 15.1. The quantitative estimate of drug-likeness (QED) is 0.759. The van der Waals surface area contributed by atoms with Crippen molar-refractivity contribution >= 4 is 16.5 Å². The molecular formula is C15H28N4S. The highest BCUT2D eigenvalue weighted by Crippen LogP contribution is 2.44. The van der Waals surface area contributed by atoms with Gasteiger partial charge in [0, 0.05) is 37.0 Å². The molecular weight excluding hydrogens is 268 g/mol. The van der Waals surface area contributed by atoms with E-state index in [1.54, 1.807) is 0 Å². The highest BCUT2D eigenvalue weighted by Gasteiger charge is 2.30. The van der Waals surface area contributed by atoms with Gasteiger partial charge in [0.05, 0.1) is 5.69 Å². The van der Waals surface area contributed by atoms with Crippen LogP contribution in [0, 0.1) is 0 Å². The van der Waals surface area contributed by atoms with E-state index in [0.717, 1.165) is 32.1 Å². The van der Waals surface area contributed by atoms with Crippen molar-refractivity contribution in [2.45, 2.75) is 38.6 Å². The van der Waals surface area contributed by atoms with Crippen molar-refractivity contribution in [1.29, 1.82) is 0 Å². The van der Waals surface area contributed by atoms with Gasteiger partial charge in [0.2, 0.25) is 0 Å². The lowest BCUT2D eigenvalue weighted by atomic mass is 10.2. The highest BCUT2D eigenvalue weighted by molar-refractivity contribution is 7.15. The van der Waals surface area contributed by atoms with Crippen LogP contribution < -0.4 is 10.2 Å². The Bertz CT molecular complexity index is 412. The molecule has 1 aromatic rings. The SMILES string of the molecule is CCCN(CCN(C)C)c1nc(C2CC2)c(CNC)s1. The third-order valence-corrected chi connectivity index (χ3v) is 4.73. The van der Waals surface area contributed by atoms with Gasteiger partial charge in [-0.1, -0.05) is 6.92 Å². The van der Waals surface area contributed by atoms with Crippen molar-refractivity contribution < 1.29 is 0 Å². The number of anilines is 1. The summed E-state index contributed by atoms with van der Waals surface area (Å²) < 4.78 is 0. The second-order valence-electron chi connectivity index (χ2n) is 5.90. The van der Waals surface area contributed by atoms with Gasteiger partial charge in [-0.2, -0.15) is 0 Å². The van der Waals surface area contributed by atoms with Crippen LogP contribution in [-0.4, -0.2) is 50.7 Å². The molecule has 1 N–H and O–H groups in total. The first-order valence-corrected chi connectivity index (χ1v) is 8.51. The number of likely N-dealkylation sites (N-methyl/N-ethyl adjacent to an activating group) is 1. The molecule has 1 aliphatic carbocycles. The molecule has 1 fully saturated rings. The van der Waals surface area contributed by atoms with Crippen LogP contribution in [0.5, 0.6) is 0 Å². The number of rotatable bonds is 9. The monoisotopic (exact) mass is 296 g/mol. The fourth-order valence-electron chi connectivity index (χ4n) is 2.34. The van der Waals surface area contributed by atoms with Gasteiger partial charge in [0.15, 0.2) is 5.13 Å². The summed E-state index contributed by atoms with van der Waals surface area (Å²) in [7, 11) is 6.29. The molecule has 0 radical (unpaired) electrons. The summed E-state index contributed by atoms with van der Waals surface area (Å²) in [5.41, 5.74) is 1.37. The van der Waals surface area contributed by atoms with Gasteiger partial charge in [-0.15, -0.1) is 11.3 Å². The second-order valence-corrected chi connectivity index (χ2v) is 6.96. The molecule has 0 aromatic carbocycles. The highest BCUT2D eigenvalue weighted by atomic mass is 32.1. The van der Waals surface area contributed by atoms with Crippen LogP contribution in [0.1, 0.15) is 42.7 Å². The Morgan fingerprint density at radius 2 is 2.00 bits per heavy atom. The zero-order chi connectivity index (χ0) is 14.5. The summed E-state index contributed by atoms with van der Waals surface area (Å²) in [6.45, 7) is 6.45. The Labute approximate surface area is 127 Å². The molecule has 114 valence electrons. The van der Waals surface area contributed by atoms with Crippen molar-refractivity contribution in [3.8, 4) is 0 Å². The molecule has 4 nitrogen and oxygen atoms in total. The maximum absolute atomic E-state index is 4.97. The standard InChI is InChI=1S/C15H28N4S/c1-5-8-19(10-9-18(3)4)15-17-14(12-6-7-12)13(20-15)11-16-2/h12,16H,5-11H2,1-4H3. The largest absolute Gasteiger partial charge is 0.347 e. The van der Waals surface area contributed by atoms with E-state index in [-0.39, 0.29) is 0 Å². The van der Waals surface area contributed by atoms with E-state index in [1.807, 2.05) is 18.4 Å². The van der Waals surface area contributed by atoms with Crippen LogP contribution in [-0.2, 0) is 6.54 Å². The predicted octanol–water partition coefficient (Wildman–Crippen LogP) is 2.52. The Kier molecular flexibility index (Phi) is 5.81. The van der Waals surface area contributed by atoms with Crippen LogP contribution in [0.25, 0.3) is 0 Å². The molecule has 2 rings (SSSR count). The van der Waals surface area contributed by atoms with Crippen LogP contribution in [0.4, 0.5) is 5.13 Å². The maximum atomic E-state index is 4.97. The number of nitrogens with one attached hydrogen (secondary N) is 1. The van der Waals surface area contributed by atoms with Gasteiger partial charge in [0.1, 0.15) is 0 Å². The van der Waals surface area contributed by atoms with Crippen molar-refractivity contribution in [2.24, 2.45) is 0 Å². The molecule has 0 aliphatic heterocycles. The molecule has 1 heterocycles. The van der Waals surface area contributed by atoms with Crippen LogP contribution in [0.3, 0.4) is 0 Å². The Morgan fingerprint density at radius 1 is 1.25 bits per heavy atom. The Hall–Kier alpha value is -0.650. The maximum Gasteiger partial charge on any atom is 0.185 e. The molecule has 0 atom stereocenters. The lowest BCUT2D eigenvalue weighted by Gasteiger charge is -2.23. The van der Waals surface area contributed by atoms with Crippen LogP contribution in [0.2, 0.25) is 0 Å². The van der Waals surface area contributed by atoms with E-state index in [9.17, 15) is 0 Å². The van der Waals surface area contributed by atoms with Crippen molar-refractivity contribution in [3.63, 3.8) is 0 Å². The zero-order valence-electron chi connectivity index (χ0n) is 13.3. The average molecular weight is 296 g/mol. The summed E-state index contributed by atoms with van der Waals surface area (Å²) in [6, 6.07) is 0. The zero-order valence-corrected chi connectivity index (χ0v) is 14.1. The van der Waals surface area contributed by atoms with Crippen molar-refractivity contribution in [1.82, 2.24) is 15.2 Å². The van der Waals surface area contributed by atoms with E-state index in [1.165, 1.54) is 35.0 Å². The molecule has 1 aromatic heterocycles. The number of hydrogen-bond acceptors (Lipinski definition) is 5.